The van der Waals surface area contributed by atoms with Crippen LogP contribution in [0.4, 0.5) is 10.5 Å². The average molecular weight is 459 g/mol. The predicted octanol–water partition coefficient (Wildman–Crippen LogP) is 4.70. The standard InChI is InChI=1S/C24H30N2O5S/c1-8-25-18-12-19(30-7)16(10-17(18)14(3)13-24(25,5)6)11-20-21(27)26(23(29)32-20)15(4)22(28)31-9-2/h10-13,15H,8-9H2,1-7H3/b20-11-. The summed E-state index contributed by atoms with van der Waals surface area (Å²) in [7, 11) is 1.58. The average Bonchev–Trinajstić information content (AvgIpc) is 3.00. The lowest BCUT2D eigenvalue weighted by atomic mass is 9.87. The van der Waals surface area contributed by atoms with E-state index < -0.39 is 23.2 Å². The van der Waals surface area contributed by atoms with E-state index in [0.717, 1.165) is 40.0 Å². The number of ether oxygens (including phenoxy) is 2. The Morgan fingerprint density at radius 1 is 1.25 bits per heavy atom. The highest BCUT2D eigenvalue weighted by atomic mass is 32.2. The van der Waals surface area contributed by atoms with E-state index in [0.29, 0.717) is 11.3 Å². The number of benzene rings is 1. The van der Waals surface area contributed by atoms with Crippen LogP contribution in [0.3, 0.4) is 0 Å². The molecule has 0 N–H and O–H groups in total. The first kappa shape index (κ1) is 23.9. The van der Waals surface area contributed by atoms with Gasteiger partial charge in [-0.05, 0) is 71.0 Å². The molecule has 0 bridgehead atoms. The van der Waals surface area contributed by atoms with E-state index in [-0.39, 0.29) is 17.1 Å². The minimum Gasteiger partial charge on any atom is -0.496 e. The topological polar surface area (TPSA) is 76.2 Å². The van der Waals surface area contributed by atoms with Gasteiger partial charge in [0, 0.05) is 29.4 Å². The Bertz CT molecular complexity index is 1030. The van der Waals surface area contributed by atoms with Crippen molar-refractivity contribution >= 4 is 46.2 Å². The normalized spacial score (nSPS) is 19.7. The van der Waals surface area contributed by atoms with Crippen LogP contribution in [0.15, 0.2) is 23.1 Å². The molecule has 1 aromatic rings. The number of carbonyl (C=O) groups excluding carboxylic acids is 3. The smallest absolute Gasteiger partial charge is 0.329 e. The number of methoxy groups -OCH3 is 1. The molecular formula is C24H30N2O5S. The van der Waals surface area contributed by atoms with Gasteiger partial charge in [-0.3, -0.25) is 14.5 Å². The number of amides is 2. The third kappa shape index (κ3) is 4.16. The molecule has 2 aliphatic heterocycles. The molecular weight excluding hydrogens is 428 g/mol. The van der Waals surface area contributed by atoms with E-state index in [4.69, 9.17) is 9.47 Å². The summed E-state index contributed by atoms with van der Waals surface area (Å²) in [6.07, 6.45) is 3.88. The number of hydrogen-bond donors (Lipinski definition) is 0. The summed E-state index contributed by atoms with van der Waals surface area (Å²) in [4.78, 5) is 41.0. The van der Waals surface area contributed by atoms with Crippen molar-refractivity contribution in [3.63, 3.8) is 0 Å². The van der Waals surface area contributed by atoms with Crippen LogP contribution in [0.5, 0.6) is 5.75 Å². The SMILES string of the molecule is CCOC(=O)C(C)N1C(=O)S/C(=C\c2cc3c(cc2OC)N(CC)C(C)(C)C=C3C)C1=O. The summed E-state index contributed by atoms with van der Waals surface area (Å²) in [6, 6.07) is 2.99. The second kappa shape index (κ2) is 9.02. The summed E-state index contributed by atoms with van der Waals surface area (Å²) < 4.78 is 10.6. The van der Waals surface area contributed by atoms with Gasteiger partial charge in [-0.25, -0.2) is 4.79 Å². The maximum Gasteiger partial charge on any atom is 0.329 e. The minimum atomic E-state index is -0.982. The predicted molar refractivity (Wildman–Crippen MR) is 128 cm³/mol. The summed E-state index contributed by atoms with van der Waals surface area (Å²) in [5.41, 5.74) is 3.82. The Balaban J connectivity index is 2.03. The van der Waals surface area contributed by atoms with Crippen molar-refractivity contribution < 1.29 is 23.9 Å². The third-order valence-corrected chi connectivity index (χ3v) is 6.65. The molecule has 172 valence electrons. The molecule has 0 aliphatic carbocycles. The lowest BCUT2D eigenvalue weighted by Gasteiger charge is -2.43. The lowest BCUT2D eigenvalue weighted by Crippen LogP contribution is -2.44. The van der Waals surface area contributed by atoms with E-state index in [1.807, 2.05) is 12.1 Å². The molecule has 2 amide bonds. The van der Waals surface area contributed by atoms with Gasteiger partial charge >= 0.3 is 5.97 Å². The number of fused-ring (bicyclic) bond motifs is 1. The van der Waals surface area contributed by atoms with Crippen LogP contribution in [-0.4, -0.2) is 53.9 Å². The second-order valence-corrected chi connectivity index (χ2v) is 9.31. The van der Waals surface area contributed by atoms with Crippen LogP contribution >= 0.6 is 11.8 Å². The highest BCUT2D eigenvalue weighted by Crippen LogP contribution is 2.43. The molecule has 1 atom stereocenters. The van der Waals surface area contributed by atoms with E-state index in [1.165, 1.54) is 6.92 Å². The Kier molecular flexibility index (Phi) is 6.74. The maximum atomic E-state index is 13.0. The molecule has 2 aliphatic rings. The van der Waals surface area contributed by atoms with Crippen molar-refractivity contribution in [3.05, 3.63) is 34.2 Å². The van der Waals surface area contributed by atoms with Gasteiger partial charge in [0.05, 0.1) is 24.2 Å². The van der Waals surface area contributed by atoms with Gasteiger partial charge in [0.25, 0.3) is 11.1 Å². The number of anilines is 1. The van der Waals surface area contributed by atoms with E-state index in [1.54, 1.807) is 20.1 Å². The van der Waals surface area contributed by atoms with Crippen LogP contribution in [0.1, 0.15) is 52.7 Å². The van der Waals surface area contributed by atoms with E-state index in [2.05, 4.69) is 38.7 Å². The number of allylic oxidation sites excluding steroid dienone is 1. The first-order valence-electron chi connectivity index (χ1n) is 10.7. The number of likely N-dealkylation sites (N-methyl/N-ethyl adjacent to an activating group) is 1. The van der Waals surface area contributed by atoms with Crippen molar-refractivity contribution in [1.82, 2.24) is 4.90 Å². The van der Waals surface area contributed by atoms with Gasteiger partial charge in [-0.1, -0.05) is 6.08 Å². The van der Waals surface area contributed by atoms with Gasteiger partial charge in [0.15, 0.2) is 0 Å². The minimum absolute atomic E-state index is 0.135. The summed E-state index contributed by atoms with van der Waals surface area (Å²) in [6.45, 7) is 12.7. The highest BCUT2D eigenvalue weighted by Gasteiger charge is 2.41. The van der Waals surface area contributed by atoms with Crippen molar-refractivity contribution in [2.75, 3.05) is 25.2 Å². The first-order valence-corrected chi connectivity index (χ1v) is 11.5. The molecule has 0 radical (unpaired) electrons. The van der Waals surface area contributed by atoms with Gasteiger partial charge in [-0.15, -0.1) is 0 Å². The molecule has 1 fully saturated rings. The fourth-order valence-corrected chi connectivity index (χ4v) is 5.21. The molecule has 0 aromatic heterocycles. The second-order valence-electron chi connectivity index (χ2n) is 8.32. The summed E-state index contributed by atoms with van der Waals surface area (Å²) in [5.74, 6) is -0.507. The zero-order valence-corrected chi connectivity index (χ0v) is 20.5. The largest absolute Gasteiger partial charge is 0.496 e. The number of hydrogen-bond acceptors (Lipinski definition) is 7. The van der Waals surface area contributed by atoms with Gasteiger partial charge in [-0.2, -0.15) is 0 Å². The Hall–Kier alpha value is -2.74. The van der Waals surface area contributed by atoms with Crippen molar-refractivity contribution in [1.29, 1.82) is 0 Å². The molecule has 7 nitrogen and oxygen atoms in total. The van der Waals surface area contributed by atoms with Crippen molar-refractivity contribution in [2.45, 2.75) is 53.1 Å². The Morgan fingerprint density at radius 2 is 1.94 bits per heavy atom. The summed E-state index contributed by atoms with van der Waals surface area (Å²) in [5, 5.41) is -0.492. The molecule has 3 rings (SSSR count). The van der Waals surface area contributed by atoms with Crippen LogP contribution in [0, 0.1) is 0 Å². The van der Waals surface area contributed by atoms with Gasteiger partial charge in [0.1, 0.15) is 11.8 Å². The molecule has 0 saturated carbocycles. The molecule has 1 aromatic carbocycles. The maximum absolute atomic E-state index is 13.0. The number of rotatable bonds is 6. The zero-order chi connectivity index (χ0) is 23.8. The molecule has 2 heterocycles. The number of imide groups is 1. The third-order valence-electron chi connectivity index (χ3n) is 5.77. The lowest BCUT2D eigenvalue weighted by molar-refractivity contribution is -0.150. The van der Waals surface area contributed by atoms with Crippen LogP contribution in [0.25, 0.3) is 11.6 Å². The zero-order valence-electron chi connectivity index (χ0n) is 19.6. The van der Waals surface area contributed by atoms with E-state index in [9.17, 15) is 14.4 Å². The fourth-order valence-electron chi connectivity index (χ4n) is 4.31. The quantitative estimate of drug-likeness (QED) is 0.451. The van der Waals surface area contributed by atoms with Crippen molar-refractivity contribution in [2.24, 2.45) is 0 Å². The first-order chi connectivity index (χ1) is 15.0. The number of carbonyl (C=O) groups is 3. The molecule has 1 unspecified atom stereocenters. The van der Waals surface area contributed by atoms with Crippen LogP contribution in [-0.2, 0) is 14.3 Å². The summed E-state index contributed by atoms with van der Waals surface area (Å²) >= 11 is 0.813. The molecule has 8 heteroatoms. The Labute approximate surface area is 193 Å². The molecule has 1 saturated heterocycles. The number of nitrogens with zero attached hydrogens (tertiary/aromatic N) is 2. The monoisotopic (exact) mass is 458 g/mol. The fraction of sp³-hybridized carbons (Fsp3) is 0.458. The van der Waals surface area contributed by atoms with Crippen molar-refractivity contribution in [3.8, 4) is 5.75 Å². The highest BCUT2D eigenvalue weighted by molar-refractivity contribution is 8.18. The number of thioether (sulfide) groups is 1. The Morgan fingerprint density at radius 3 is 2.53 bits per heavy atom. The molecule has 0 spiro atoms. The van der Waals surface area contributed by atoms with Crippen LogP contribution in [0.2, 0.25) is 0 Å². The molecule has 32 heavy (non-hydrogen) atoms. The van der Waals surface area contributed by atoms with Gasteiger partial charge in [0.2, 0.25) is 0 Å². The van der Waals surface area contributed by atoms with E-state index >= 15 is 0 Å². The van der Waals surface area contributed by atoms with Gasteiger partial charge < -0.3 is 14.4 Å². The van der Waals surface area contributed by atoms with Crippen LogP contribution < -0.4 is 9.64 Å². The number of esters is 1.